The third-order valence-electron chi connectivity index (χ3n) is 3.69. The quantitative estimate of drug-likeness (QED) is 0.740. The lowest BCUT2D eigenvalue weighted by molar-refractivity contribution is 0.447. The molecule has 1 N–H and O–H groups in total. The van der Waals surface area contributed by atoms with Crippen LogP contribution in [0.4, 0.5) is 0 Å². The monoisotopic (exact) mass is 203 g/mol. The lowest BCUT2D eigenvalue weighted by Crippen LogP contribution is -2.34. The second-order valence-corrected chi connectivity index (χ2v) is 4.39. The van der Waals surface area contributed by atoms with Gasteiger partial charge in [0, 0.05) is 12.0 Å². The number of benzene rings is 1. The fourth-order valence-corrected chi connectivity index (χ4v) is 2.79. The first-order valence-electron chi connectivity index (χ1n) is 6.18. The van der Waals surface area contributed by atoms with Gasteiger partial charge >= 0.3 is 0 Å². The Balaban J connectivity index is 0.000000404. The molecule has 1 aliphatic heterocycles. The number of fused-ring (bicyclic) bond motifs is 1. The van der Waals surface area contributed by atoms with Crippen molar-refractivity contribution in [2.24, 2.45) is 5.92 Å². The van der Waals surface area contributed by atoms with Crippen LogP contribution in [0, 0.1) is 5.92 Å². The molecular weight excluding hydrogens is 182 g/mol. The summed E-state index contributed by atoms with van der Waals surface area (Å²) in [6.07, 6.45) is 2.78. The van der Waals surface area contributed by atoms with Gasteiger partial charge in [-0.15, -0.1) is 0 Å². The maximum atomic E-state index is 3.52. The zero-order chi connectivity index (χ0) is 10.7. The highest BCUT2D eigenvalue weighted by Crippen LogP contribution is 2.56. The van der Waals surface area contributed by atoms with E-state index < -0.39 is 0 Å². The molecule has 1 saturated heterocycles. The lowest BCUT2D eigenvalue weighted by Gasteiger charge is -2.23. The molecule has 0 radical (unpaired) electrons. The van der Waals surface area contributed by atoms with Crippen LogP contribution in [0.5, 0.6) is 0 Å². The van der Waals surface area contributed by atoms with E-state index in [0.29, 0.717) is 5.41 Å². The zero-order valence-electron chi connectivity index (χ0n) is 9.79. The van der Waals surface area contributed by atoms with Crippen molar-refractivity contribution in [3.63, 3.8) is 0 Å². The van der Waals surface area contributed by atoms with Crippen molar-refractivity contribution in [2.45, 2.75) is 32.1 Å². The van der Waals surface area contributed by atoms with Gasteiger partial charge in [0.15, 0.2) is 0 Å². The summed E-state index contributed by atoms with van der Waals surface area (Å²) in [5, 5.41) is 3.52. The summed E-state index contributed by atoms with van der Waals surface area (Å²) in [5.41, 5.74) is 2.08. The van der Waals surface area contributed by atoms with Crippen LogP contribution in [-0.4, -0.2) is 13.1 Å². The van der Waals surface area contributed by atoms with Crippen LogP contribution in [0.1, 0.15) is 32.3 Å². The molecule has 1 aromatic carbocycles. The van der Waals surface area contributed by atoms with E-state index in [4.69, 9.17) is 0 Å². The summed E-state index contributed by atoms with van der Waals surface area (Å²) < 4.78 is 0. The minimum Gasteiger partial charge on any atom is -0.316 e. The van der Waals surface area contributed by atoms with Gasteiger partial charge in [0.2, 0.25) is 0 Å². The first-order chi connectivity index (χ1) is 7.42. The van der Waals surface area contributed by atoms with Crippen LogP contribution in [0.15, 0.2) is 30.3 Å². The molecule has 82 valence electrons. The Labute approximate surface area is 92.9 Å². The van der Waals surface area contributed by atoms with E-state index in [2.05, 4.69) is 35.6 Å². The summed E-state index contributed by atoms with van der Waals surface area (Å²) in [7, 11) is 0. The Morgan fingerprint density at radius 2 is 1.93 bits per heavy atom. The minimum atomic E-state index is 0.527. The molecule has 1 saturated carbocycles. The number of hydrogen-bond donors (Lipinski definition) is 1. The SMILES string of the molecule is CC.c1ccc(C23CNCCC2C3)cc1. The number of rotatable bonds is 1. The Hall–Kier alpha value is -0.820. The molecule has 1 heteroatoms. The van der Waals surface area contributed by atoms with Crippen molar-refractivity contribution in [1.29, 1.82) is 0 Å². The highest BCUT2D eigenvalue weighted by molar-refractivity contribution is 5.35. The second-order valence-electron chi connectivity index (χ2n) is 4.39. The van der Waals surface area contributed by atoms with Crippen LogP contribution >= 0.6 is 0 Å². The Morgan fingerprint density at radius 1 is 1.20 bits per heavy atom. The molecular formula is C14H21N. The van der Waals surface area contributed by atoms with Gasteiger partial charge in [-0.3, -0.25) is 0 Å². The molecule has 1 aromatic rings. The smallest absolute Gasteiger partial charge is 0.0110 e. The molecule has 0 spiro atoms. The molecule has 0 amide bonds. The maximum absolute atomic E-state index is 3.52. The molecule has 2 atom stereocenters. The number of nitrogens with one attached hydrogen (secondary N) is 1. The molecule has 2 unspecified atom stereocenters. The van der Waals surface area contributed by atoms with Crippen molar-refractivity contribution in [2.75, 3.05) is 13.1 Å². The topological polar surface area (TPSA) is 12.0 Å². The van der Waals surface area contributed by atoms with E-state index in [1.54, 1.807) is 5.56 Å². The van der Waals surface area contributed by atoms with Gasteiger partial charge in [-0.1, -0.05) is 44.2 Å². The molecule has 1 aliphatic carbocycles. The van der Waals surface area contributed by atoms with Gasteiger partial charge in [-0.25, -0.2) is 0 Å². The van der Waals surface area contributed by atoms with E-state index in [-0.39, 0.29) is 0 Å². The van der Waals surface area contributed by atoms with Crippen molar-refractivity contribution in [1.82, 2.24) is 5.32 Å². The van der Waals surface area contributed by atoms with Crippen molar-refractivity contribution >= 4 is 0 Å². The zero-order valence-corrected chi connectivity index (χ0v) is 9.79. The average Bonchev–Trinajstić information content (AvgIpc) is 3.08. The summed E-state index contributed by atoms with van der Waals surface area (Å²) in [6, 6.07) is 11.0. The first-order valence-corrected chi connectivity index (χ1v) is 6.18. The van der Waals surface area contributed by atoms with Crippen LogP contribution in [0.25, 0.3) is 0 Å². The third-order valence-corrected chi connectivity index (χ3v) is 3.69. The first kappa shape index (κ1) is 10.7. The fourth-order valence-electron chi connectivity index (χ4n) is 2.79. The lowest BCUT2D eigenvalue weighted by atomic mass is 9.90. The van der Waals surface area contributed by atoms with E-state index in [0.717, 1.165) is 5.92 Å². The predicted molar refractivity (Wildman–Crippen MR) is 65.1 cm³/mol. The van der Waals surface area contributed by atoms with Crippen LogP contribution in [-0.2, 0) is 5.41 Å². The molecule has 15 heavy (non-hydrogen) atoms. The van der Waals surface area contributed by atoms with Crippen LogP contribution < -0.4 is 5.32 Å². The molecule has 0 aromatic heterocycles. The number of piperidine rings is 1. The maximum Gasteiger partial charge on any atom is 0.0110 e. The Kier molecular flexibility index (Phi) is 3.11. The van der Waals surface area contributed by atoms with E-state index in [9.17, 15) is 0 Å². The van der Waals surface area contributed by atoms with E-state index in [1.165, 1.54) is 25.9 Å². The Morgan fingerprint density at radius 3 is 2.60 bits per heavy atom. The Bertz CT molecular complexity index is 306. The summed E-state index contributed by atoms with van der Waals surface area (Å²) in [4.78, 5) is 0. The molecule has 1 nitrogen and oxygen atoms in total. The largest absolute Gasteiger partial charge is 0.316 e. The van der Waals surface area contributed by atoms with Gasteiger partial charge in [0.05, 0.1) is 0 Å². The van der Waals surface area contributed by atoms with Gasteiger partial charge < -0.3 is 5.32 Å². The highest BCUT2D eigenvalue weighted by atomic mass is 14.9. The van der Waals surface area contributed by atoms with Gasteiger partial charge in [0.25, 0.3) is 0 Å². The van der Waals surface area contributed by atoms with Crippen molar-refractivity contribution < 1.29 is 0 Å². The molecule has 2 aliphatic rings. The summed E-state index contributed by atoms with van der Waals surface area (Å²) >= 11 is 0. The van der Waals surface area contributed by atoms with E-state index >= 15 is 0 Å². The van der Waals surface area contributed by atoms with Crippen molar-refractivity contribution in [3.05, 3.63) is 35.9 Å². The standard InChI is InChI=1S/C12H15N.C2H6/c1-2-4-10(5-3-1)12-8-11(12)6-7-13-9-12;1-2/h1-5,11,13H,6-9H2;1-2H3. The number of hydrogen-bond acceptors (Lipinski definition) is 1. The normalized spacial score (nSPS) is 32.3. The predicted octanol–water partition coefficient (Wildman–Crippen LogP) is 2.96. The minimum absolute atomic E-state index is 0.527. The van der Waals surface area contributed by atoms with Gasteiger partial charge in [0.1, 0.15) is 0 Å². The molecule has 0 bridgehead atoms. The highest BCUT2D eigenvalue weighted by Gasteiger charge is 2.55. The summed E-state index contributed by atoms with van der Waals surface area (Å²) in [6.45, 7) is 6.42. The molecule has 1 heterocycles. The third kappa shape index (κ3) is 1.81. The van der Waals surface area contributed by atoms with Crippen LogP contribution in [0.3, 0.4) is 0 Å². The fraction of sp³-hybridized carbons (Fsp3) is 0.571. The average molecular weight is 203 g/mol. The van der Waals surface area contributed by atoms with E-state index in [1.807, 2.05) is 13.8 Å². The van der Waals surface area contributed by atoms with Gasteiger partial charge in [-0.2, -0.15) is 0 Å². The van der Waals surface area contributed by atoms with Crippen molar-refractivity contribution in [3.8, 4) is 0 Å². The second kappa shape index (κ2) is 4.36. The van der Waals surface area contributed by atoms with Gasteiger partial charge in [-0.05, 0) is 30.9 Å². The molecule has 2 fully saturated rings. The molecule has 3 rings (SSSR count). The van der Waals surface area contributed by atoms with Crippen LogP contribution in [0.2, 0.25) is 0 Å². The summed E-state index contributed by atoms with van der Waals surface area (Å²) in [5.74, 6) is 0.969.